The molecule has 8 nitrogen and oxygen atoms in total. The molecular weight excluding hydrogens is 408 g/mol. The molecule has 0 radical (unpaired) electrons. The summed E-state index contributed by atoms with van der Waals surface area (Å²) < 4.78 is 16.6. The van der Waals surface area contributed by atoms with Crippen LogP contribution in [0.2, 0.25) is 0 Å². The fourth-order valence-corrected chi connectivity index (χ4v) is 3.66. The summed E-state index contributed by atoms with van der Waals surface area (Å²) in [7, 11) is 1.67. The largest absolute Gasteiger partial charge is 0.490 e. The van der Waals surface area contributed by atoms with Crippen LogP contribution in [0.25, 0.3) is 0 Å². The van der Waals surface area contributed by atoms with Gasteiger partial charge >= 0.3 is 0 Å². The van der Waals surface area contributed by atoms with Crippen LogP contribution in [0.5, 0.6) is 11.5 Å². The molecule has 1 fully saturated rings. The molecule has 1 amide bonds. The third kappa shape index (κ3) is 5.70. The molecule has 2 N–H and O–H groups in total. The Labute approximate surface area is 188 Å². The van der Waals surface area contributed by atoms with E-state index in [-0.39, 0.29) is 5.91 Å². The van der Waals surface area contributed by atoms with E-state index in [1.807, 2.05) is 47.4 Å². The van der Waals surface area contributed by atoms with Crippen LogP contribution < -0.4 is 25.0 Å². The van der Waals surface area contributed by atoms with Gasteiger partial charge in [0.05, 0.1) is 26.4 Å². The van der Waals surface area contributed by atoms with E-state index < -0.39 is 0 Å². The van der Waals surface area contributed by atoms with E-state index in [1.54, 1.807) is 7.11 Å². The molecule has 0 atom stereocenters. The van der Waals surface area contributed by atoms with Gasteiger partial charge in [-0.15, -0.1) is 0 Å². The third-order valence-electron chi connectivity index (χ3n) is 5.35. The summed E-state index contributed by atoms with van der Waals surface area (Å²) in [5.41, 5.74) is 2.87. The first kappa shape index (κ1) is 22.0. The number of carbonyl (C=O) groups is 1. The first-order valence-electron chi connectivity index (χ1n) is 11.1. The van der Waals surface area contributed by atoms with Gasteiger partial charge in [0.15, 0.2) is 17.5 Å². The number of rotatable bonds is 7. The molecule has 2 aliphatic heterocycles. The highest BCUT2D eigenvalue weighted by Gasteiger charge is 2.21. The number of hydrogen-bond donors (Lipinski definition) is 2. The van der Waals surface area contributed by atoms with E-state index in [2.05, 4.69) is 10.6 Å². The lowest BCUT2D eigenvalue weighted by Gasteiger charge is -2.16. The molecule has 0 aromatic heterocycles. The number of hydrogen-bond acceptors (Lipinski definition) is 5. The monoisotopic (exact) mass is 438 g/mol. The summed E-state index contributed by atoms with van der Waals surface area (Å²) in [4.78, 5) is 18.5. The summed E-state index contributed by atoms with van der Waals surface area (Å²) in [5.74, 6) is 2.33. The predicted molar refractivity (Wildman–Crippen MR) is 125 cm³/mol. The predicted octanol–water partition coefficient (Wildman–Crippen LogP) is 3.18. The number of nitrogens with zero attached hydrogens (tertiary/aromatic N) is 2. The molecule has 2 heterocycles. The molecule has 32 heavy (non-hydrogen) atoms. The van der Waals surface area contributed by atoms with Gasteiger partial charge in [0.25, 0.3) is 0 Å². The third-order valence-corrected chi connectivity index (χ3v) is 5.35. The minimum Gasteiger partial charge on any atom is -0.490 e. The van der Waals surface area contributed by atoms with E-state index in [4.69, 9.17) is 19.2 Å². The molecule has 0 bridgehead atoms. The molecule has 0 unspecified atom stereocenters. The summed E-state index contributed by atoms with van der Waals surface area (Å²) in [6, 6.07) is 13.8. The minimum atomic E-state index is 0.194. The lowest BCUT2D eigenvalue weighted by molar-refractivity contribution is -0.117. The molecule has 8 heteroatoms. The molecule has 1 saturated heterocycles. The Balaban J connectivity index is 1.44. The molecule has 2 aliphatic rings. The zero-order valence-electron chi connectivity index (χ0n) is 18.4. The van der Waals surface area contributed by atoms with Crippen LogP contribution in [0.1, 0.15) is 24.8 Å². The SMILES string of the molecule is COCCNC(=NCc1ccc(N2CCCC2=O)cc1)Nc1ccc2c(c1)OCCCO2. The van der Waals surface area contributed by atoms with Crippen LogP contribution >= 0.6 is 0 Å². The van der Waals surface area contributed by atoms with Crippen LogP contribution in [0.4, 0.5) is 11.4 Å². The Hall–Kier alpha value is -3.26. The van der Waals surface area contributed by atoms with Gasteiger partial charge in [0.2, 0.25) is 5.91 Å². The summed E-state index contributed by atoms with van der Waals surface area (Å²) in [5, 5.41) is 6.62. The second kappa shape index (κ2) is 10.9. The van der Waals surface area contributed by atoms with Crippen molar-refractivity contribution >= 4 is 23.2 Å². The quantitative estimate of drug-likeness (QED) is 0.392. The van der Waals surface area contributed by atoms with Crippen molar-refractivity contribution in [1.29, 1.82) is 0 Å². The van der Waals surface area contributed by atoms with Gasteiger partial charge in [-0.2, -0.15) is 0 Å². The Morgan fingerprint density at radius 1 is 1.09 bits per heavy atom. The molecule has 4 rings (SSSR count). The maximum atomic E-state index is 11.9. The number of fused-ring (bicyclic) bond motifs is 1. The van der Waals surface area contributed by atoms with Crippen LogP contribution in [-0.2, 0) is 16.1 Å². The lowest BCUT2D eigenvalue weighted by Crippen LogP contribution is -2.33. The van der Waals surface area contributed by atoms with Gasteiger partial charge in [0, 0.05) is 50.5 Å². The van der Waals surface area contributed by atoms with Gasteiger partial charge in [-0.05, 0) is 36.2 Å². The van der Waals surface area contributed by atoms with Crippen LogP contribution in [0.15, 0.2) is 47.5 Å². The highest BCUT2D eigenvalue weighted by Crippen LogP contribution is 2.32. The number of aliphatic imine (C=N–C) groups is 1. The number of guanidine groups is 1. The molecule has 2 aromatic rings. The highest BCUT2D eigenvalue weighted by molar-refractivity contribution is 5.95. The van der Waals surface area contributed by atoms with Gasteiger partial charge in [-0.3, -0.25) is 4.79 Å². The highest BCUT2D eigenvalue weighted by atomic mass is 16.5. The van der Waals surface area contributed by atoms with Gasteiger partial charge in [-0.25, -0.2) is 4.99 Å². The standard InChI is InChI=1S/C24H30N4O4/c1-30-15-11-25-24(27-19-7-10-21-22(16-19)32-14-3-13-31-21)26-17-18-5-8-20(9-6-18)28-12-2-4-23(28)29/h5-10,16H,2-4,11-15,17H2,1H3,(H2,25,26,27). The summed E-state index contributed by atoms with van der Waals surface area (Å²) in [6.45, 7) is 3.80. The van der Waals surface area contributed by atoms with E-state index in [9.17, 15) is 4.79 Å². The van der Waals surface area contributed by atoms with Crippen molar-refractivity contribution in [2.75, 3.05) is 50.2 Å². The Kier molecular flexibility index (Phi) is 7.45. The lowest BCUT2D eigenvalue weighted by atomic mass is 10.2. The fraction of sp³-hybridized carbons (Fsp3) is 0.417. The van der Waals surface area contributed by atoms with E-state index in [1.165, 1.54) is 0 Å². The Morgan fingerprint density at radius 3 is 2.66 bits per heavy atom. The second-order valence-electron chi connectivity index (χ2n) is 7.74. The number of nitrogens with one attached hydrogen (secondary N) is 2. The topological polar surface area (TPSA) is 84.4 Å². The van der Waals surface area contributed by atoms with Crippen molar-refractivity contribution in [2.45, 2.75) is 25.8 Å². The van der Waals surface area contributed by atoms with Crippen LogP contribution in [-0.4, -0.2) is 51.9 Å². The average molecular weight is 439 g/mol. The number of ether oxygens (including phenoxy) is 3. The van der Waals surface area contributed by atoms with Crippen LogP contribution in [0.3, 0.4) is 0 Å². The van der Waals surface area contributed by atoms with E-state index in [0.29, 0.717) is 45.3 Å². The number of anilines is 2. The summed E-state index contributed by atoms with van der Waals surface area (Å²) >= 11 is 0. The van der Waals surface area contributed by atoms with Crippen LogP contribution in [0, 0.1) is 0 Å². The molecule has 0 spiro atoms. The van der Waals surface area contributed by atoms with Gasteiger partial charge in [-0.1, -0.05) is 12.1 Å². The van der Waals surface area contributed by atoms with Crippen molar-refractivity contribution in [3.05, 3.63) is 48.0 Å². The molecule has 2 aromatic carbocycles. The number of benzene rings is 2. The number of methoxy groups -OCH3 is 1. The van der Waals surface area contributed by atoms with Crippen molar-refractivity contribution < 1.29 is 19.0 Å². The number of amides is 1. The van der Waals surface area contributed by atoms with Crippen molar-refractivity contribution in [1.82, 2.24) is 5.32 Å². The smallest absolute Gasteiger partial charge is 0.227 e. The van der Waals surface area contributed by atoms with Gasteiger partial charge in [0.1, 0.15) is 0 Å². The second-order valence-corrected chi connectivity index (χ2v) is 7.74. The number of carbonyl (C=O) groups excluding carboxylic acids is 1. The van der Waals surface area contributed by atoms with Crippen molar-refractivity contribution in [3.63, 3.8) is 0 Å². The Bertz CT molecular complexity index is 946. The summed E-state index contributed by atoms with van der Waals surface area (Å²) in [6.07, 6.45) is 2.43. The maximum Gasteiger partial charge on any atom is 0.227 e. The molecular formula is C24H30N4O4. The minimum absolute atomic E-state index is 0.194. The van der Waals surface area contributed by atoms with Crippen molar-refractivity contribution in [3.8, 4) is 11.5 Å². The van der Waals surface area contributed by atoms with Gasteiger partial charge < -0.3 is 29.7 Å². The van der Waals surface area contributed by atoms with E-state index >= 15 is 0 Å². The van der Waals surface area contributed by atoms with Crippen molar-refractivity contribution in [2.24, 2.45) is 4.99 Å². The maximum absolute atomic E-state index is 11.9. The van der Waals surface area contributed by atoms with E-state index in [0.717, 1.165) is 47.8 Å². The Morgan fingerprint density at radius 2 is 1.91 bits per heavy atom. The first-order valence-corrected chi connectivity index (χ1v) is 11.1. The molecule has 0 saturated carbocycles. The zero-order chi connectivity index (χ0) is 22.2. The molecule has 170 valence electrons. The zero-order valence-corrected chi connectivity index (χ0v) is 18.4. The average Bonchev–Trinajstić information content (AvgIpc) is 3.10. The first-order chi connectivity index (χ1) is 15.7. The fourth-order valence-electron chi connectivity index (χ4n) is 3.66. The molecule has 0 aliphatic carbocycles. The normalized spacial score (nSPS) is 16.1.